The average Bonchev–Trinajstić information content (AvgIpc) is 2.91. The van der Waals surface area contributed by atoms with Gasteiger partial charge in [-0.25, -0.2) is 0 Å². The molecular weight excluding hydrogens is 214 g/mol. The highest BCUT2D eigenvalue weighted by Gasteiger charge is 2.14. The van der Waals surface area contributed by atoms with E-state index in [1.807, 2.05) is 24.3 Å². The van der Waals surface area contributed by atoms with Crippen molar-refractivity contribution < 1.29 is 9.52 Å². The lowest BCUT2D eigenvalue weighted by Gasteiger charge is -2.11. The highest BCUT2D eigenvalue weighted by molar-refractivity contribution is 5.85. The second-order valence-electron chi connectivity index (χ2n) is 3.90. The molecular formula is C14H11NO2. The molecule has 0 bridgehead atoms. The number of aliphatic hydroxyl groups is 1. The van der Waals surface area contributed by atoms with E-state index >= 15 is 0 Å². The maximum absolute atomic E-state index is 10.3. The van der Waals surface area contributed by atoms with Crippen molar-refractivity contribution in [2.45, 2.75) is 6.10 Å². The Labute approximate surface area is 98.3 Å². The Hall–Kier alpha value is -2.13. The molecule has 3 aromatic rings. The molecule has 0 aliphatic rings. The van der Waals surface area contributed by atoms with Crippen LogP contribution in [0.2, 0.25) is 0 Å². The average molecular weight is 225 g/mol. The minimum absolute atomic E-state index is 0.679. The molecule has 0 amide bonds. The van der Waals surface area contributed by atoms with Crippen molar-refractivity contribution >= 4 is 10.8 Å². The molecule has 1 aromatic carbocycles. The molecule has 2 heterocycles. The summed E-state index contributed by atoms with van der Waals surface area (Å²) in [5, 5.41) is 12.3. The minimum Gasteiger partial charge on any atom is -0.472 e. The summed E-state index contributed by atoms with van der Waals surface area (Å²) >= 11 is 0. The SMILES string of the molecule is OC(c1ccoc1)c1cccc2ccncc12. The van der Waals surface area contributed by atoms with Gasteiger partial charge in [0.25, 0.3) is 0 Å². The smallest absolute Gasteiger partial charge is 0.108 e. The number of hydrogen-bond donors (Lipinski definition) is 1. The maximum atomic E-state index is 10.3. The first kappa shape index (κ1) is 10.1. The summed E-state index contributed by atoms with van der Waals surface area (Å²) in [6.07, 6.45) is 5.95. The van der Waals surface area contributed by atoms with Crippen molar-refractivity contribution in [2.75, 3.05) is 0 Å². The van der Waals surface area contributed by atoms with Crippen molar-refractivity contribution in [1.82, 2.24) is 4.98 Å². The Morgan fingerprint density at radius 3 is 2.94 bits per heavy atom. The Kier molecular flexibility index (Phi) is 2.38. The summed E-state index contributed by atoms with van der Waals surface area (Å²) in [7, 11) is 0. The number of aromatic nitrogens is 1. The minimum atomic E-state index is -0.679. The molecule has 17 heavy (non-hydrogen) atoms. The summed E-state index contributed by atoms with van der Waals surface area (Å²) in [4.78, 5) is 4.10. The molecule has 0 aliphatic heterocycles. The van der Waals surface area contributed by atoms with Crippen LogP contribution >= 0.6 is 0 Å². The van der Waals surface area contributed by atoms with E-state index in [1.54, 1.807) is 31.0 Å². The first-order valence-corrected chi connectivity index (χ1v) is 5.39. The lowest BCUT2D eigenvalue weighted by atomic mass is 9.99. The Bertz CT molecular complexity index is 626. The van der Waals surface area contributed by atoms with E-state index in [0.717, 1.165) is 21.9 Å². The normalized spacial score (nSPS) is 12.8. The predicted molar refractivity (Wildman–Crippen MR) is 64.5 cm³/mol. The standard InChI is InChI=1S/C14H11NO2/c16-14(11-5-7-17-9-11)12-3-1-2-10-4-6-15-8-13(10)12/h1-9,14,16H. The van der Waals surface area contributed by atoms with Crippen LogP contribution in [0.3, 0.4) is 0 Å². The van der Waals surface area contributed by atoms with Gasteiger partial charge in [0, 0.05) is 23.3 Å². The van der Waals surface area contributed by atoms with E-state index in [2.05, 4.69) is 4.98 Å². The number of aliphatic hydroxyl groups excluding tert-OH is 1. The molecule has 3 heteroatoms. The van der Waals surface area contributed by atoms with Gasteiger partial charge in [-0.2, -0.15) is 0 Å². The number of fused-ring (bicyclic) bond motifs is 1. The summed E-state index contributed by atoms with van der Waals surface area (Å²) in [5.41, 5.74) is 1.60. The lowest BCUT2D eigenvalue weighted by Crippen LogP contribution is -1.99. The summed E-state index contributed by atoms with van der Waals surface area (Å²) < 4.78 is 4.99. The first-order chi connectivity index (χ1) is 8.36. The number of benzene rings is 1. The Morgan fingerprint density at radius 1 is 1.18 bits per heavy atom. The van der Waals surface area contributed by atoms with Crippen molar-refractivity contribution in [1.29, 1.82) is 0 Å². The van der Waals surface area contributed by atoms with Crippen molar-refractivity contribution in [3.8, 4) is 0 Å². The van der Waals surface area contributed by atoms with Gasteiger partial charge in [-0.1, -0.05) is 18.2 Å². The van der Waals surface area contributed by atoms with Crippen LogP contribution in [0.1, 0.15) is 17.2 Å². The number of nitrogens with zero attached hydrogens (tertiary/aromatic N) is 1. The fraction of sp³-hybridized carbons (Fsp3) is 0.0714. The third-order valence-corrected chi connectivity index (χ3v) is 2.87. The van der Waals surface area contributed by atoms with Crippen LogP contribution < -0.4 is 0 Å². The quantitative estimate of drug-likeness (QED) is 0.729. The summed E-state index contributed by atoms with van der Waals surface area (Å²) in [6.45, 7) is 0. The maximum Gasteiger partial charge on any atom is 0.108 e. The number of rotatable bonds is 2. The highest BCUT2D eigenvalue weighted by atomic mass is 16.3. The molecule has 0 aliphatic carbocycles. The number of furan rings is 1. The van der Waals surface area contributed by atoms with Gasteiger partial charge in [0.1, 0.15) is 6.10 Å². The van der Waals surface area contributed by atoms with Crippen LogP contribution in [0.15, 0.2) is 59.7 Å². The molecule has 1 atom stereocenters. The molecule has 3 nitrogen and oxygen atoms in total. The summed E-state index contributed by atoms with van der Waals surface area (Å²) in [6, 6.07) is 9.53. The first-order valence-electron chi connectivity index (χ1n) is 5.39. The topological polar surface area (TPSA) is 46.3 Å². The summed E-state index contributed by atoms with van der Waals surface area (Å²) in [5.74, 6) is 0. The van der Waals surface area contributed by atoms with Crippen molar-refractivity contribution in [2.24, 2.45) is 0 Å². The third-order valence-electron chi connectivity index (χ3n) is 2.87. The van der Waals surface area contributed by atoms with Crippen LogP contribution in [0, 0.1) is 0 Å². The van der Waals surface area contributed by atoms with Gasteiger partial charge in [0.05, 0.1) is 12.5 Å². The van der Waals surface area contributed by atoms with Gasteiger partial charge < -0.3 is 9.52 Å². The fourth-order valence-corrected chi connectivity index (χ4v) is 1.99. The molecule has 1 N–H and O–H groups in total. The molecule has 0 spiro atoms. The zero-order valence-corrected chi connectivity index (χ0v) is 9.08. The number of pyridine rings is 1. The lowest BCUT2D eigenvalue weighted by molar-refractivity contribution is 0.221. The van der Waals surface area contributed by atoms with Crippen LogP contribution in [-0.4, -0.2) is 10.1 Å². The molecule has 0 saturated heterocycles. The van der Waals surface area contributed by atoms with Crippen molar-refractivity contribution in [3.05, 3.63) is 66.4 Å². The zero-order chi connectivity index (χ0) is 11.7. The molecule has 2 aromatic heterocycles. The van der Waals surface area contributed by atoms with Gasteiger partial charge in [0.15, 0.2) is 0 Å². The molecule has 84 valence electrons. The monoisotopic (exact) mass is 225 g/mol. The zero-order valence-electron chi connectivity index (χ0n) is 9.08. The van der Waals surface area contributed by atoms with Crippen LogP contribution in [0.25, 0.3) is 10.8 Å². The molecule has 0 fully saturated rings. The predicted octanol–water partition coefficient (Wildman–Crippen LogP) is 2.91. The largest absolute Gasteiger partial charge is 0.472 e. The number of hydrogen-bond acceptors (Lipinski definition) is 3. The Balaban J connectivity index is 2.17. The van der Waals surface area contributed by atoms with E-state index < -0.39 is 6.10 Å². The van der Waals surface area contributed by atoms with Crippen molar-refractivity contribution in [3.63, 3.8) is 0 Å². The van der Waals surface area contributed by atoms with Crippen LogP contribution in [0.4, 0.5) is 0 Å². The molecule has 3 rings (SSSR count). The van der Waals surface area contributed by atoms with Gasteiger partial charge in [-0.05, 0) is 23.1 Å². The molecule has 1 unspecified atom stereocenters. The van der Waals surface area contributed by atoms with E-state index in [-0.39, 0.29) is 0 Å². The third kappa shape index (κ3) is 1.70. The van der Waals surface area contributed by atoms with Gasteiger partial charge in [0.2, 0.25) is 0 Å². The second-order valence-corrected chi connectivity index (χ2v) is 3.90. The van der Waals surface area contributed by atoms with Gasteiger partial charge in [-0.15, -0.1) is 0 Å². The fourth-order valence-electron chi connectivity index (χ4n) is 1.99. The van der Waals surface area contributed by atoms with Crippen LogP contribution in [0.5, 0.6) is 0 Å². The Morgan fingerprint density at radius 2 is 2.12 bits per heavy atom. The second kappa shape index (κ2) is 4.03. The molecule has 0 radical (unpaired) electrons. The van der Waals surface area contributed by atoms with E-state index in [0.29, 0.717) is 0 Å². The van der Waals surface area contributed by atoms with Crippen LogP contribution in [-0.2, 0) is 0 Å². The van der Waals surface area contributed by atoms with E-state index in [4.69, 9.17) is 4.42 Å². The van der Waals surface area contributed by atoms with Gasteiger partial charge in [-0.3, -0.25) is 4.98 Å². The highest BCUT2D eigenvalue weighted by Crippen LogP contribution is 2.28. The van der Waals surface area contributed by atoms with E-state index in [9.17, 15) is 5.11 Å². The molecule has 0 saturated carbocycles. The van der Waals surface area contributed by atoms with E-state index in [1.165, 1.54) is 0 Å². The van der Waals surface area contributed by atoms with Gasteiger partial charge >= 0.3 is 0 Å².